The van der Waals surface area contributed by atoms with Crippen LogP contribution in [0.3, 0.4) is 0 Å². The number of nitrogens with one attached hydrogen (secondary N) is 2. The van der Waals surface area contributed by atoms with E-state index in [0.717, 1.165) is 17.0 Å². The number of anilines is 1. The number of para-hydroxylation sites is 2. The van der Waals surface area contributed by atoms with E-state index in [-0.39, 0.29) is 4.90 Å². The number of sulfonamides is 1. The van der Waals surface area contributed by atoms with E-state index < -0.39 is 10.0 Å². The fourth-order valence-corrected chi connectivity index (χ4v) is 2.69. The van der Waals surface area contributed by atoms with Crippen molar-refractivity contribution in [2.45, 2.75) is 18.4 Å². The number of ether oxygens (including phenoxy) is 1. The van der Waals surface area contributed by atoms with Crippen LogP contribution < -0.4 is 20.5 Å². The highest BCUT2D eigenvalue weighted by molar-refractivity contribution is 7.89. The summed E-state index contributed by atoms with van der Waals surface area (Å²) in [5.41, 5.74) is 1.66. The van der Waals surface area contributed by atoms with Crippen LogP contribution in [0.25, 0.3) is 0 Å². The molecule has 0 fully saturated rings. The van der Waals surface area contributed by atoms with Gasteiger partial charge in [0.05, 0.1) is 17.2 Å². The summed E-state index contributed by atoms with van der Waals surface area (Å²) in [5.74, 6) is 0.724. The van der Waals surface area contributed by atoms with Crippen LogP contribution in [0, 0.1) is 0 Å². The van der Waals surface area contributed by atoms with Gasteiger partial charge in [0.25, 0.3) is 0 Å². The largest absolute Gasteiger partial charge is 0.492 e. The molecule has 6 nitrogen and oxygen atoms in total. The van der Waals surface area contributed by atoms with Crippen molar-refractivity contribution in [1.29, 1.82) is 0 Å². The van der Waals surface area contributed by atoms with Crippen LogP contribution in [0.1, 0.15) is 12.5 Å². The Morgan fingerprint density at radius 2 is 1.83 bits per heavy atom. The van der Waals surface area contributed by atoms with E-state index in [9.17, 15) is 8.42 Å². The Morgan fingerprint density at radius 1 is 1.17 bits per heavy atom. The molecule has 8 heteroatoms. The lowest BCUT2D eigenvalue weighted by molar-refractivity contribution is 0.342. The van der Waals surface area contributed by atoms with Crippen LogP contribution in [-0.2, 0) is 16.6 Å². The zero-order valence-corrected chi connectivity index (χ0v) is 14.8. The maximum atomic E-state index is 11.2. The lowest BCUT2D eigenvalue weighted by Gasteiger charge is -2.14. The lowest BCUT2D eigenvalue weighted by atomic mass is 10.2. The molecule has 2 rings (SSSR count). The van der Waals surface area contributed by atoms with Crippen molar-refractivity contribution in [3.8, 4) is 5.75 Å². The highest BCUT2D eigenvalue weighted by atomic mass is 32.2. The van der Waals surface area contributed by atoms with Gasteiger partial charge in [-0.3, -0.25) is 0 Å². The Labute approximate surface area is 147 Å². The second-order valence-corrected chi connectivity index (χ2v) is 6.90. The summed E-state index contributed by atoms with van der Waals surface area (Å²) in [5, 5.41) is 11.6. The molecular weight excluding hydrogens is 346 g/mol. The van der Waals surface area contributed by atoms with Gasteiger partial charge in [0.15, 0.2) is 5.11 Å². The predicted octanol–water partition coefficient (Wildman–Crippen LogP) is 2.22. The first-order chi connectivity index (χ1) is 11.4. The lowest BCUT2D eigenvalue weighted by Crippen LogP contribution is -2.28. The van der Waals surface area contributed by atoms with E-state index in [1.54, 1.807) is 12.1 Å². The molecule has 0 radical (unpaired) electrons. The average molecular weight is 365 g/mol. The first-order valence-corrected chi connectivity index (χ1v) is 9.24. The molecule has 128 valence electrons. The minimum atomic E-state index is -3.67. The van der Waals surface area contributed by atoms with Gasteiger partial charge in [-0.25, -0.2) is 13.6 Å². The highest BCUT2D eigenvalue weighted by Gasteiger charge is 2.07. The normalized spacial score (nSPS) is 10.9. The van der Waals surface area contributed by atoms with Gasteiger partial charge >= 0.3 is 0 Å². The molecule has 0 aliphatic rings. The number of rotatable bonds is 6. The van der Waals surface area contributed by atoms with Gasteiger partial charge in [0.1, 0.15) is 5.75 Å². The molecule has 2 aromatic carbocycles. The third-order valence-electron chi connectivity index (χ3n) is 3.14. The maximum absolute atomic E-state index is 11.2. The van der Waals surface area contributed by atoms with E-state index in [1.165, 1.54) is 12.1 Å². The van der Waals surface area contributed by atoms with Gasteiger partial charge in [-0.15, -0.1) is 0 Å². The molecule has 0 saturated heterocycles. The summed E-state index contributed by atoms with van der Waals surface area (Å²) >= 11 is 5.27. The molecule has 0 atom stereocenters. The van der Waals surface area contributed by atoms with Crippen molar-refractivity contribution in [2.24, 2.45) is 5.14 Å². The molecule has 24 heavy (non-hydrogen) atoms. The van der Waals surface area contributed by atoms with Crippen molar-refractivity contribution in [3.05, 3.63) is 54.1 Å². The van der Waals surface area contributed by atoms with Gasteiger partial charge in [-0.1, -0.05) is 24.3 Å². The van der Waals surface area contributed by atoms with Gasteiger partial charge in [0, 0.05) is 6.54 Å². The minimum Gasteiger partial charge on any atom is -0.492 e. The number of hydrogen-bond acceptors (Lipinski definition) is 4. The summed E-state index contributed by atoms with van der Waals surface area (Å²) in [6, 6.07) is 13.8. The summed E-state index contributed by atoms with van der Waals surface area (Å²) < 4.78 is 28.0. The zero-order chi connectivity index (χ0) is 17.6. The molecule has 0 aromatic heterocycles. The Balaban J connectivity index is 1.94. The second kappa shape index (κ2) is 8.09. The summed E-state index contributed by atoms with van der Waals surface area (Å²) in [6.07, 6.45) is 0. The molecule has 4 N–H and O–H groups in total. The summed E-state index contributed by atoms with van der Waals surface area (Å²) in [6.45, 7) is 2.93. The summed E-state index contributed by atoms with van der Waals surface area (Å²) in [4.78, 5) is 0.0811. The molecule has 0 amide bonds. The molecule has 0 unspecified atom stereocenters. The van der Waals surface area contributed by atoms with E-state index in [2.05, 4.69) is 10.6 Å². The van der Waals surface area contributed by atoms with Crippen molar-refractivity contribution >= 4 is 33.0 Å². The zero-order valence-electron chi connectivity index (χ0n) is 13.2. The maximum Gasteiger partial charge on any atom is 0.238 e. The standard InChI is InChI=1S/C16H19N3O3S2/c1-2-22-15-6-4-3-5-14(15)19-16(23)18-11-12-7-9-13(10-8-12)24(17,20)21/h3-10H,2,11H2,1H3,(H2,17,20,21)(H2,18,19,23). The second-order valence-electron chi connectivity index (χ2n) is 4.93. The molecule has 0 heterocycles. The fourth-order valence-electron chi connectivity index (χ4n) is 2.00. The van der Waals surface area contributed by atoms with Crippen molar-refractivity contribution < 1.29 is 13.2 Å². The number of benzene rings is 2. The van der Waals surface area contributed by atoms with Crippen molar-refractivity contribution in [3.63, 3.8) is 0 Å². The van der Waals surface area contributed by atoms with E-state index in [4.69, 9.17) is 22.1 Å². The topological polar surface area (TPSA) is 93.4 Å². The van der Waals surface area contributed by atoms with Gasteiger partial charge in [-0.05, 0) is 49.0 Å². The van der Waals surface area contributed by atoms with Crippen LogP contribution >= 0.6 is 12.2 Å². The number of primary sulfonamides is 1. The molecule has 0 spiro atoms. The predicted molar refractivity (Wildman–Crippen MR) is 98.5 cm³/mol. The Hall–Kier alpha value is -2.16. The Kier molecular flexibility index (Phi) is 6.13. The number of hydrogen-bond donors (Lipinski definition) is 3. The van der Waals surface area contributed by atoms with Crippen LogP contribution in [0.2, 0.25) is 0 Å². The summed E-state index contributed by atoms with van der Waals surface area (Å²) in [7, 11) is -3.67. The molecule has 0 aliphatic carbocycles. The number of nitrogens with two attached hydrogens (primary N) is 1. The third kappa shape index (κ3) is 5.19. The first kappa shape index (κ1) is 18.2. The third-order valence-corrected chi connectivity index (χ3v) is 4.32. The van der Waals surface area contributed by atoms with Crippen LogP contribution in [0.5, 0.6) is 5.75 Å². The van der Waals surface area contributed by atoms with Crippen LogP contribution in [-0.4, -0.2) is 20.1 Å². The van der Waals surface area contributed by atoms with E-state index in [1.807, 2.05) is 31.2 Å². The van der Waals surface area contributed by atoms with Crippen molar-refractivity contribution in [1.82, 2.24) is 5.32 Å². The average Bonchev–Trinajstić information content (AvgIpc) is 2.55. The molecule has 2 aromatic rings. The molecular formula is C16H19N3O3S2. The highest BCUT2D eigenvalue weighted by Crippen LogP contribution is 2.23. The van der Waals surface area contributed by atoms with Crippen LogP contribution in [0.15, 0.2) is 53.4 Å². The first-order valence-electron chi connectivity index (χ1n) is 7.28. The SMILES string of the molecule is CCOc1ccccc1NC(=S)NCc1ccc(S(N)(=O)=O)cc1. The quantitative estimate of drug-likeness (QED) is 0.680. The smallest absolute Gasteiger partial charge is 0.238 e. The van der Waals surface area contributed by atoms with Gasteiger partial charge in [0.2, 0.25) is 10.0 Å². The minimum absolute atomic E-state index is 0.0811. The fraction of sp³-hybridized carbons (Fsp3) is 0.188. The molecule has 0 bridgehead atoms. The van der Waals surface area contributed by atoms with E-state index >= 15 is 0 Å². The Morgan fingerprint density at radius 3 is 2.46 bits per heavy atom. The van der Waals surface area contributed by atoms with Gasteiger partial charge < -0.3 is 15.4 Å². The van der Waals surface area contributed by atoms with Gasteiger partial charge in [-0.2, -0.15) is 0 Å². The molecule has 0 saturated carbocycles. The monoisotopic (exact) mass is 365 g/mol. The van der Waals surface area contributed by atoms with Crippen LogP contribution in [0.4, 0.5) is 5.69 Å². The van der Waals surface area contributed by atoms with Crippen molar-refractivity contribution in [2.75, 3.05) is 11.9 Å². The molecule has 0 aliphatic heterocycles. The Bertz CT molecular complexity index is 806. The number of thiocarbonyl (C=S) groups is 1. The van der Waals surface area contributed by atoms with E-state index in [0.29, 0.717) is 18.3 Å².